The van der Waals surface area contributed by atoms with Crippen molar-refractivity contribution >= 4 is 0 Å². The molecule has 1 atom stereocenters. The Morgan fingerprint density at radius 1 is 1.11 bits per heavy atom. The molecule has 2 nitrogen and oxygen atoms in total. The highest BCUT2D eigenvalue weighted by Gasteiger charge is 2.27. The topological polar surface area (TPSA) is 35.2 Å². The quantitative estimate of drug-likeness (QED) is 0.833. The smallest absolute Gasteiger partial charge is 0.370 e. The van der Waals surface area contributed by atoms with E-state index in [1.807, 2.05) is 0 Å². The van der Waals surface area contributed by atoms with Gasteiger partial charge in [0.2, 0.25) is 0 Å². The molecule has 1 rings (SSSR count). The molecule has 0 saturated carbocycles. The van der Waals surface area contributed by atoms with Crippen molar-refractivity contribution in [2.45, 2.75) is 18.6 Å². The van der Waals surface area contributed by atoms with E-state index in [9.17, 15) is 22.0 Å². The summed E-state index contributed by atoms with van der Waals surface area (Å²) in [5.74, 6) is -1.51. The van der Waals surface area contributed by atoms with Gasteiger partial charge >= 0.3 is 6.18 Å². The Balaban J connectivity index is 2.42. The van der Waals surface area contributed by atoms with Crippen LogP contribution in [-0.2, 0) is 11.2 Å². The Labute approximate surface area is 101 Å². The summed E-state index contributed by atoms with van der Waals surface area (Å²) in [6.07, 6.45) is -4.38. The van der Waals surface area contributed by atoms with E-state index in [1.165, 1.54) is 0 Å². The number of alkyl halides is 3. The lowest BCUT2D eigenvalue weighted by molar-refractivity contribution is -0.174. The van der Waals surface area contributed by atoms with E-state index in [1.54, 1.807) is 0 Å². The van der Waals surface area contributed by atoms with Gasteiger partial charge in [-0.05, 0) is 24.1 Å². The highest BCUT2D eigenvalue weighted by molar-refractivity contribution is 5.18. The van der Waals surface area contributed by atoms with Gasteiger partial charge in [-0.1, -0.05) is 0 Å². The summed E-state index contributed by atoms with van der Waals surface area (Å²) < 4.78 is 65.3. The minimum atomic E-state index is -4.41. The Kier molecular flexibility index (Phi) is 5.03. The molecule has 7 heteroatoms. The molecule has 0 aliphatic heterocycles. The van der Waals surface area contributed by atoms with Gasteiger partial charge in [0.1, 0.15) is 18.2 Å². The monoisotopic (exact) mass is 269 g/mol. The van der Waals surface area contributed by atoms with E-state index < -0.39 is 30.5 Å². The van der Waals surface area contributed by atoms with Gasteiger partial charge in [-0.15, -0.1) is 0 Å². The van der Waals surface area contributed by atoms with Crippen LogP contribution in [0, 0.1) is 11.6 Å². The van der Waals surface area contributed by atoms with Crippen LogP contribution in [0.3, 0.4) is 0 Å². The number of halogens is 5. The lowest BCUT2D eigenvalue weighted by Gasteiger charge is -2.13. The Bertz CT molecular complexity index is 373. The second-order valence-electron chi connectivity index (χ2n) is 3.87. The lowest BCUT2D eigenvalue weighted by atomic mass is 10.1. The molecule has 0 heterocycles. The van der Waals surface area contributed by atoms with Crippen molar-refractivity contribution in [1.29, 1.82) is 0 Å². The molecule has 0 radical (unpaired) electrons. The summed E-state index contributed by atoms with van der Waals surface area (Å²) in [4.78, 5) is 0. The third-order valence-electron chi connectivity index (χ3n) is 2.02. The molecule has 0 aliphatic carbocycles. The molecule has 0 spiro atoms. The van der Waals surface area contributed by atoms with Crippen molar-refractivity contribution < 1.29 is 26.7 Å². The first kappa shape index (κ1) is 14.8. The SMILES string of the molecule is NC(COCC(F)(F)F)Cc1cc(F)cc(F)c1. The highest BCUT2D eigenvalue weighted by Crippen LogP contribution is 2.15. The molecule has 1 aromatic carbocycles. The molecule has 18 heavy (non-hydrogen) atoms. The van der Waals surface area contributed by atoms with Crippen LogP contribution in [-0.4, -0.2) is 25.4 Å². The lowest BCUT2D eigenvalue weighted by Crippen LogP contribution is -2.31. The maximum Gasteiger partial charge on any atom is 0.411 e. The predicted octanol–water partition coefficient (Wildman–Crippen LogP) is 2.41. The van der Waals surface area contributed by atoms with Crippen molar-refractivity contribution in [2.24, 2.45) is 5.73 Å². The van der Waals surface area contributed by atoms with Crippen molar-refractivity contribution in [2.75, 3.05) is 13.2 Å². The fourth-order valence-electron chi connectivity index (χ4n) is 1.42. The van der Waals surface area contributed by atoms with Gasteiger partial charge < -0.3 is 10.5 Å². The van der Waals surface area contributed by atoms with Crippen LogP contribution in [0.1, 0.15) is 5.56 Å². The molecule has 0 aromatic heterocycles. The maximum absolute atomic E-state index is 12.8. The number of hydrogen-bond donors (Lipinski definition) is 1. The second kappa shape index (κ2) is 6.10. The first-order chi connectivity index (χ1) is 8.26. The van der Waals surface area contributed by atoms with E-state index in [0.717, 1.165) is 12.1 Å². The van der Waals surface area contributed by atoms with Crippen LogP contribution < -0.4 is 5.73 Å². The molecule has 0 bridgehead atoms. The summed E-state index contributed by atoms with van der Waals surface area (Å²) in [5, 5.41) is 0. The van der Waals surface area contributed by atoms with Gasteiger partial charge in [-0.25, -0.2) is 8.78 Å². The van der Waals surface area contributed by atoms with Crippen LogP contribution in [0.15, 0.2) is 18.2 Å². The van der Waals surface area contributed by atoms with Crippen molar-refractivity contribution in [3.63, 3.8) is 0 Å². The van der Waals surface area contributed by atoms with E-state index >= 15 is 0 Å². The zero-order chi connectivity index (χ0) is 13.8. The summed E-state index contributed by atoms with van der Waals surface area (Å²) >= 11 is 0. The second-order valence-corrected chi connectivity index (χ2v) is 3.87. The summed E-state index contributed by atoms with van der Waals surface area (Å²) in [6, 6.07) is 2.10. The third kappa shape index (κ3) is 5.92. The number of rotatable bonds is 5. The molecule has 0 fully saturated rings. The fraction of sp³-hybridized carbons (Fsp3) is 0.455. The predicted molar refractivity (Wildman–Crippen MR) is 54.9 cm³/mol. The van der Waals surface area contributed by atoms with Crippen LogP contribution in [0.5, 0.6) is 0 Å². The number of ether oxygens (including phenoxy) is 1. The molecule has 1 aromatic rings. The zero-order valence-corrected chi connectivity index (χ0v) is 9.31. The van der Waals surface area contributed by atoms with Crippen molar-refractivity contribution in [1.82, 2.24) is 0 Å². The summed E-state index contributed by atoms with van der Waals surface area (Å²) in [5.41, 5.74) is 5.77. The number of nitrogens with two attached hydrogens (primary N) is 1. The van der Waals surface area contributed by atoms with Gasteiger partial charge in [-0.2, -0.15) is 13.2 Å². The van der Waals surface area contributed by atoms with Crippen molar-refractivity contribution in [3.8, 4) is 0 Å². The summed E-state index contributed by atoms with van der Waals surface area (Å²) in [7, 11) is 0. The van der Waals surface area contributed by atoms with Crippen molar-refractivity contribution in [3.05, 3.63) is 35.4 Å². The normalized spacial score (nSPS) is 13.7. The van der Waals surface area contributed by atoms with Crippen LogP contribution in [0.4, 0.5) is 22.0 Å². The Morgan fingerprint density at radius 3 is 2.17 bits per heavy atom. The van der Waals surface area contributed by atoms with E-state index in [0.29, 0.717) is 6.07 Å². The molecule has 1 unspecified atom stereocenters. The van der Waals surface area contributed by atoms with Crippen LogP contribution >= 0.6 is 0 Å². The molecule has 0 saturated heterocycles. The average molecular weight is 269 g/mol. The van der Waals surface area contributed by atoms with Gasteiger partial charge in [0.05, 0.1) is 6.61 Å². The molecular formula is C11H12F5NO. The van der Waals surface area contributed by atoms with Gasteiger partial charge in [0.25, 0.3) is 0 Å². The number of hydrogen-bond acceptors (Lipinski definition) is 2. The van der Waals surface area contributed by atoms with Crippen LogP contribution in [0.25, 0.3) is 0 Å². The van der Waals surface area contributed by atoms with E-state index in [-0.39, 0.29) is 18.6 Å². The Hall–Kier alpha value is -1.21. The first-order valence-electron chi connectivity index (χ1n) is 5.11. The largest absolute Gasteiger partial charge is 0.411 e. The first-order valence-corrected chi connectivity index (χ1v) is 5.11. The maximum atomic E-state index is 12.8. The molecule has 0 amide bonds. The number of benzene rings is 1. The molecule has 0 aliphatic rings. The Morgan fingerprint density at radius 2 is 1.67 bits per heavy atom. The van der Waals surface area contributed by atoms with Crippen LogP contribution in [0.2, 0.25) is 0 Å². The van der Waals surface area contributed by atoms with E-state index in [2.05, 4.69) is 4.74 Å². The minimum absolute atomic E-state index is 0.0343. The highest BCUT2D eigenvalue weighted by atomic mass is 19.4. The minimum Gasteiger partial charge on any atom is -0.370 e. The van der Waals surface area contributed by atoms with Gasteiger partial charge in [0.15, 0.2) is 0 Å². The standard InChI is InChI=1S/C11H12F5NO/c12-8-1-7(2-9(13)4-8)3-10(17)5-18-6-11(14,15)16/h1-2,4,10H,3,5-6,17H2. The van der Waals surface area contributed by atoms with Gasteiger partial charge in [-0.3, -0.25) is 0 Å². The fourth-order valence-corrected chi connectivity index (χ4v) is 1.42. The molecule has 102 valence electrons. The van der Waals surface area contributed by atoms with E-state index in [4.69, 9.17) is 5.73 Å². The van der Waals surface area contributed by atoms with Gasteiger partial charge in [0, 0.05) is 12.1 Å². The zero-order valence-electron chi connectivity index (χ0n) is 9.31. The average Bonchev–Trinajstić information content (AvgIpc) is 2.12. The third-order valence-corrected chi connectivity index (χ3v) is 2.02. The molecular weight excluding hydrogens is 257 g/mol. The molecule has 2 N–H and O–H groups in total. The summed E-state index contributed by atoms with van der Waals surface area (Å²) in [6.45, 7) is -1.73.